The van der Waals surface area contributed by atoms with E-state index in [1.54, 1.807) is 0 Å². The molecule has 0 aliphatic rings. The third-order valence-corrected chi connectivity index (χ3v) is 3.42. The zero-order valence-corrected chi connectivity index (χ0v) is 10.1. The molecule has 0 spiro atoms. The SMILES string of the molecule is Cc1c(C)n(C)c2ccc(CCC=O)cc12. The molecule has 1 aromatic heterocycles. The van der Waals surface area contributed by atoms with Crippen molar-refractivity contribution in [1.29, 1.82) is 0 Å². The molecule has 1 aromatic carbocycles. The molecule has 0 radical (unpaired) electrons. The van der Waals surface area contributed by atoms with Crippen LogP contribution in [-0.4, -0.2) is 10.9 Å². The van der Waals surface area contributed by atoms with Gasteiger partial charge in [0, 0.05) is 30.1 Å². The first-order valence-electron chi connectivity index (χ1n) is 5.63. The van der Waals surface area contributed by atoms with Crippen molar-refractivity contribution in [2.45, 2.75) is 26.7 Å². The molecule has 2 rings (SSSR count). The Bertz CT molecular complexity index is 537. The summed E-state index contributed by atoms with van der Waals surface area (Å²) < 4.78 is 2.22. The van der Waals surface area contributed by atoms with Crippen molar-refractivity contribution in [3.63, 3.8) is 0 Å². The number of hydrogen-bond donors (Lipinski definition) is 0. The van der Waals surface area contributed by atoms with Crippen LogP contribution in [0.1, 0.15) is 23.2 Å². The zero-order valence-electron chi connectivity index (χ0n) is 10.1. The number of fused-ring (bicyclic) bond motifs is 1. The topological polar surface area (TPSA) is 22.0 Å². The van der Waals surface area contributed by atoms with Gasteiger partial charge in [-0.1, -0.05) is 6.07 Å². The predicted octanol–water partition coefficient (Wildman–Crippen LogP) is 2.93. The first kappa shape index (κ1) is 10.9. The quantitative estimate of drug-likeness (QED) is 0.721. The summed E-state index contributed by atoms with van der Waals surface area (Å²) >= 11 is 0. The van der Waals surface area contributed by atoms with E-state index in [-0.39, 0.29) is 0 Å². The van der Waals surface area contributed by atoms with E-state index in [0.717, 1.165) is 12.7 Å². The molecule has 0 N–H and O–H groups in total. The van der Waals surface area contributed by atoms with Gasteiger partial charge >= 0.3 is 0 Å². The molecule has 0 bridgehead atoms. The summed E-state index contributed by atoms with van der Waals surface area (Å²) in [6, 6.07) is 6.47. The van der Waals surface area contributed by atoms with E-state index in [9.17, 15) is 4.79 Å². The number of carbonyl (C=O) groups is 1. The molecule has 0 saturated heterocycles. The Balaban J connectivity index is 2.53. The summed E-state index contributed by atoms with van der Waals surface area (Å²) in [5, 5.41) is 1.31. The minimum atomic E-state index is 0.608. The highest BCUT2D eigenvalue weighted by atomic mass is 16.1. The molecule has 2 nitrogen and oxygen atoms in total. The molecular formula is C14H17NO. The summed E-state index contributed by atoms with van der Waals surface area (Å²) in [4.78, 5) is 10.4. The van der Waals surface area contributed by atoms with E-state index >= 15 is 0 Å². The smallest absolute Gasteiger partial charge is 0.120 e. The largest absolute Gasteiger partial charge is 0.348 e. The van der Waals surface area contributed by atoms with Gasteiger partial charge in [-0.3, -0.25) is 0 Å². The minimum Gasteiger partial charge on any atom is -0.348 e. The van der Waals surface area contributed by atoms with Gasteiger partial charge in [0.1, 0.15) is 6.29 Å². The normalized spacial score (nSPS) is 10.9. The molecule has 0 saturated carbocycles. The molecule has 0 atom stereocenters. The maximum Gasteiger partial charge on any atom is 0.120 e. The second kappa shape index (κ2) is 4.12. The highest BCUT2D eigenvalue weighted by molar-refractivity contribution is 5.85. The van der Waals surface area contributed by atoms with Crippen molar-refractivity contribution < 1.29 is 4.79 Å². The van der Waals surface area contributed by atoms with Crippen molar-refractivity contribution in [3.8, 4) is 0 Å². The number of carbonyl (C=O) groups excluding carboxylic acids is 1. The molecule has 0 aliphatic carbocycles. The standard InChI is InChI=1S/C14H17NO/c1-10-11(2)15(3)14-7-6-12(5-4-8-16)9-13(10)14/h6-9H,4-5H2,1-3H3. The average Bonchev–Trinajstić information content (AvgIpc) is 2.52. The van der Waals surface area contributed by atoms with Crippen molar-refractivity contribution in [2.75, 3.05) is 0 Å². The Morgan fingerprint density at radius 2 is 2.06 bits per heavy atom. The second-order valence-corrected chi connectivity index (χ2v) is 4.33. The van der Waals surface area contributed by atoms with Crippen molar-refractivity contribution in [2.24, 2.45) is 7.05 Å². The highest BCUT2D eigenvalue weighted by Crippen LogP contribution is 2.25. The first-order valence-corrected chi connectivity index (χ1v) is 5.63. The third kappa shape index (κ3) is 1.64. The Kier molecular flexibility index (Phi) is 2.82. The fraction of sp³-hybridized carbons (Fsp3) is 0.357. The molecule has 0 aliphatic heterocycles. The van der Waals surface area contributed by atoms with Crippen LogP contribution < -0.4 is 0 Å². The van der Waals surface area contributed by atoms with Gasteiger partial charge in [-0.15, -0.1) is 0 Å². The molecule has 2 aromatic rings. The average molecular weight is 215 g/mol. The monoisotopic (exact) mass is 215 g/mol. The molecule has 0 amide bonds. The predicted molar refractivity (Wildman–Crippen MR) is 66.8 cm³/mol. The zero-order chi connectivity index (χ0) is 11.7. The highest BCUT2D eigenvalue weighted by Gasteiger charge is 2.08. The lowest BCUT2D eigenvalue weighted by Gasteiger charge is -2.00. The van der Waals surface area contributed by atoms with Crippen molar-refractivity contribution in [1.82, 2.24) is 4.57 Å². The lowest BCUT2D eigenvalue weighted by Crippen LogP contribution is -1.90. The number of nitrogens with zero attached hydrogens (tertiary/aromatic N) is 1. The Morgan fingerprint density at radius 3 is 2.75 bits per heavy atom. The van der Waals surface area contributed by atoms with E-state index in [1.165, 1.54) is 27.7 Å². The fourth-order valence-electron chi connectivity index (χ4n) is 2.18. The van der Waals surface area contributed by atoms with Crippen LogP contribution in [0.3, 0.4) is 0 Å². The van der Waals surface area contributed by atoms with Crippen LogP contribution in [-0.2, 0) is 18.3 Å². The van der Waals surface area contributed by atoms with Gasteiger partial charge < -0.3 is 9.36 Å². The summed E-state index contributed by atoms with van der Waals surface area (Å²) in [6.07, 6.45) is 2.43. The second-order valence-electron chi connectivity index (χ2n) is 4.33. The van der Waals surface area contributed by atoms with E-state index in [2.05, 4.69) is 43.7 Å². The molecule has 1 heterocycles. The first-order chi connectivity index (χ1) is 7.65. The molecular weight excluding hydrogens is 198 g/mol. The summed E-state index contributed by atoms with van der Waals surface area (Å²) in [6.45, 7) is 4.29. The van der Waals surface area contributed by atoms with Gasteiger partial charge in [-0.05, 0) is 43.5 Å². The molecule has 0 fully saturated rings. The maximum absolute atomic E-state index is 10.4. The van der Waals surface area contributed by atoms with Crippen molar-refractivity contribution in [3.05, 3.63) is 35.0 Å². The van der Waals surface area contributed by atoms with E-state index in [1.807, 2.05) is 0 Å². The number of rotatable bonds is 3. The number of hydrogen-bond acceptors (Lipinski definition) is 1. The van der Waals surface area contributed by atoms with Crippen molar-refractivity contribution >= 4 is 17.2 Å². The van der Waals surface area contributed by atoms with E-state index in [0.29, 0.717) is 6.42 Å². The number of aldehydes is 1. The van der Waals surface area contributed by atoms with Gasteiger partial charge in [-0.2, -0.15) is 0 Å². The lowest BCUT2D eigenvalue weighted by atomic mass is 10.1. The Hall–Kier alpha value is -1.57. The Morgan fingerprint density at radius 1 is 1.31 bits per heavy atom. The molecule has 16 heavy (non-hydrogen) atoms. The van der Waals surface area contributed by atoms with Gasteiger partial charge in [0.05, 0.1) is 0 Å². The fourth-order valence-corrected chi connectivity index (χ4v) is 2.18. The maximum atomic E-state index is 10.4. The number of benzene rings is 1. The van der Waals surface area contributed by atoms with Crippen LogP contribution in [0.5, 0.6) is 0 Å². The van der Waals surface area contributed by atoms with E-state index in [4.69, 9.17) is 0 Å². The molecule has 84 valence electrons. The van der Waals surface area contributed by atoms with Crippen LogP contribution >= 0.6 is 0 Å². The number of aryl methyl sites for hydroxylation is 3. The molecule has 0 unspecified atom stereocenters. The van der Waals surface area contributed by atoms with Gasteiger partial charge in [-0.25, -0.2) is 0 Å². The van der Waals surface area contributed by atoms with Gasteiger partial charge in [0.2, 0.25) is 0 Å². The van der Waals surface area contributed by atoms with Crippen LogP contribution in [0.2, 0.25) is 0 Å². The third-order valence-electron chi connectivity index (χ3n) is 3.42. The van der Waals surface area contributed by atoms with Crippen LogP contribution in [0, 0.1) is 13.8 Å². The van der Waals surface area contributed by atoms with Crippen LogP contribution in [0.4, 0.5) is 0 Å². The molecule has 2 heteroatoms. The summed E-state index contributed by atoms with van der Waals surface area (Å²) in [5.41, 5.74) is 5.16. The van der Waals surface area contributed by atoms with E-state index < -0.39 is 0 Å². The van der Waals surface area contributed by atoms with Crippen LogP contribution in [0.15, 0.2) is 18.2 Å². The lowest BCUT2D eigenvalue weighted by molar-refractivity contribution is -0.107. The number of aromatic nitrogens is 1. The minimum absolute atomic E-state index is 0.608. The van der Waals surface area contributed by atoms with Gasteiger partial charge in [0.15, 0.2) is 0 Å². The van der Waals surface area contributed by atoms with Gasteiger partial charge in [0.25, 0.3) is 0 Å². The summed E-state index contributed by atoms with van der Waals surface area (Å²) in [5.74, 6) is 0. The Labute approximate surface area is 95.9 Å². The summed E-state index contributed by atoms with van der Waals surface area (Å²) in [7, 11) is 2.09. The van der Waals surface area contributed by atoms with Crippen LogP contribution in [0.25, 0.3) is 10.9 Å².